The minimum Gasteiger partial charge on any atom is -0.497 e. The molecule has 0 aliphatic heterocycles. The van der Waals surface area contributed by atoms with E-state index in [1.165, 1.54) is 11.1 Å². The van der Waals surface area contributed by atoms with Crippen LogP contribution in [0.5, 0.6) is 5.75 Å². The summed E-state index contributed by atoms with van der Waals surface area (Å²) in [6.45, 7) is 6.45. The first-order valence-electron chi connectivity index (χ1n) is 11.1. The molecule has 1 aromatic carbocycles. The van der Waals surface area contributed by atoms with Crippen molar-refractivity contribution in [3.63, 3.8) is 0 Å². The fourth-order valence-electron chi connectivity index (χ4n) is 4.34. The maximum Gasteiger partial charge on any atom is 0.350 e. The van der Waals surface area contributed by atoms with E-state index >= 15 is 0 Å². The van der Waals surface area contributed by atoms with Crippen molar-refractivity contribution in [1.29, 1.82) is 0 Å². The summed E-state index contributed by atoms with van der Waals surface area (Å²) < 4.78 is 6.17. The van der Waals surface area contributed by atoms with Gasteiger partial charge in [0.15, 0.2) is 0 Å². The van der Waals surface area contributed by atoms with Crippen molar-refractivity contribution in [1.82, 2.24) is 14.6 Å². The fourth-order valence-corrected chi connectivity index (χ4v) is 4.34. The molecular weight excluding hydrogens is 404 g/mol. The second kappa shape index (κ2) is 9.02. The molecule has 1 aliphatic rings. The first-order valence-corrected chi connectivity index (χ1v) is 11.1. The SMILES string of the molecule is COc1ccc2[nH]c3c(=O)n(N=C[C@H]4CC=C(CCC=C(C)C)C[C@H]4C)c(=O)[nH]c3c2c1. The molecule has 0 spiro atoms. The van der Waals surface area contributed by atoms with Crippen LogP contribution in [-0.2, 0) is 0 Å². The van der Waals surface area contributed by atoms with Crippen molar-refractivity contribution < 1.29 is 4.74 Å². The summed E-state index contributed by atoms with van der Waals surface area (Å²) in [6, 6.07) is 5.42. The van der Waals surface area contributed by atoms with E-state index in [2.05, 4.69) is 48.0 Å². The summed E-state index contributed by atoms with van der Waals surface area (Å²) in [5.74, 6) is 1.25. The van der Waals surface area contributed by atoms with Gasteiger partial charge in [-0.2, -0.15) is 5.10 Å². The number of rotatable bonds is 6. The molecular formula is C25H30N4O3. The first-order chi connectivity index (χ1) is 15.4. The van der Waals surface area contributed by atoms with Gasteiger partial charge in [0, 0.05) is 23.0 Å². The van der Waals surface area contributed by atoms with Crippen LogP contribution in [-0.4, -0.2) is 28.0 Å². The number of hydrogen-bond acceptors (Lipinski definition) is 4. The number of nitrogens with zero attached hydrogens (tertiary/aromatic N) is 2. The molecule has 2 heterocycles. The number of ether oxygens (including phenoxy) is 1. The monoisotopic (exact) mass is 434 g/mol. The third kappa shape index (κ3) is 4.33. The molecule has 4 rings (SSSR count). The van der Waals surface area contributed by atoms with Gasteiger partial charge in [-0.3, -0.25) is 4.79 Å². The Bertz CT molecular complexity index is 1350. The number of aromatic amines is 2. The van der Waals surface area contributed by atoms with Crippen molar-refractivity contribution >= 4 is 28.2 Å². The Balaban J connectivity index is 1.60. The van der Waals surface area contributed by atoms with E-state index in [4.69, 9.17) is 4.74 Å². The van der Waals surface area contributed by atoms with Gasteiger partial charge in [-0.25, -0.2) is 4.79 Å². The average molecular weight is 435 g/mol. The van der Waals surface area contributed by atoms with Gasteiger partial charge < -0.3 is 14.7 Å². The molecule has 1 aliphatic carbocycles. The van der Waals surface area contributed by atoms with Crippen molar-refractivity contribution in [2.75, 3.05) is 7.11 Å². The molecule has 2 atom stereocenters. The molecule has 7 nitrogen and oxygen atoms in total. The highest BCUT2D eigenvalue weighted by Crippen LogP contribution is 2.31. The van der Waals surface area contributed by atoms with E-state index in [0.29, 0.717) is 22.7 Å². The molecule has 7 heteroatoms. The topological polar surface area (TPSA) is 92.2 Å². The fraction of sp³-hybridized carbons (Fsp3) is 0.400. The number of hydrogen-bond donors (Lipinski definition) is 2. The van der Waals surface area contributed by atoms with E-state index in [1.807, 2.05) is 6.07 Å². The lowest BCUT2D eigenvalue weighted by atomic mass is 9.80. The van der Waals surface area contributed by atoms with Crippen molar-refractivity contribution in [2.24, 2.45) is 16.9 Å². The summed E-state index contributed by atoms with van der Waals surface area (Å²) in [6.07, 6.45) is 10.4. The van der Waals surface area contributed by atoms with Gasteiger partial charge in [-0.1, -0.05) is 30.2 Å². The Hall–Kier alpha value is -3.35. The lowest BCUT2D eigenvalue weighted by Gasteiger charge is -2.25. The molecule has 0 bridgehead atoms. The molecule has 3 aromatic rings. The molecule has 0 fully saturated rings. The van der Waals surface area contributed by atoms with Crippen LogP contribution < -0.4 is 16.0 Å². The van der Waals surface area contributed by atoms with Crippen molar-refractivity contribution in [2.45, 2.75) is 46.5 Å². The maximum atomic E-state index is 13.0. The highest BCUT2D eigenvalue weighted by molar-refractivity contribution is 6.04. The molecule has 2 aromatic heterocycles. The number of fused-ring (bicyclic) bond motifs is 3. The van der Waals surface area contributed by atoms with E-state index in [-0.39, 0.29) is 5.92 Å². The largest absolute Gasteiger partial charge is 0.497 e. The molecule has 0 saturated heterocycles. The van der Waals surface area contributed by atoms with Crippen LogP contribution in [0.4, 0.5) is 0 Å². The van der Waals surface area contributed by atoms with E-state index in [0.717, 1.165) is 41.3 Å². The molecule has 32 heavy (non-hydrogen) atoms. The standard InChI is InChI=1S/C25H30N4O3/c1-15(2)6-5-7-17-8-9-18(16(3)12-17)14-26-29-24(30)23-22(28-25(29)31)20-13-19(32-4)10-11-21(20)27-23/h6,8,10-11,13-14,16,18,27H,5,7,9,12H2,1-4H3,(H,28,31)/t16-,18-/m1/s1. The zero-order valence-electron chi connectivity index (χ0n) is 19.1. The summed E-state index contributed by atoms with van der Waals surface area (Å²) in [7, 11) is 1.58. The van der Waals surface area contributed by atoms with E-state index in [9.17, 15) is 9.59 Å². The van der Waals surface area contributed by atoms with Gasteiger partial charge in [-0.15, -0.1) is 4.68 Å². The molecule has 0 amide bonds. The number of methoxy groups -OCH3 is 1. The Morgan fingerprint density at radius 1 is 1.25 bits per heavy atom. The number of allylic oxidation sites excluding steroid dienone is 4. The predicted molar refractivity (Wildman–Crippen MR) is 130 cm³/mol. The normalized spacial score (nSPS) is 18.9. The Labute approximate surface area is 186 Å². The first kappa shape index (κ1) is 21.9. The number of benzene rings is 1. The summed E-state index contributed by atoms with van der Waals surface area (Å²) in [5.41, 5.74) is 3.35. The van der Waals surface area contributed by atoms with E-state index < -0.39 is 11.2 Å². The number of aromatic nitrogens is 3. The lowest BCUT2D eigenvalue weighted by Crippen LogP contribution is -2.32. The zero-order valence-corrected chi connectivity index (χ0v) is 19.1. The van der Waals surface area contributed by atoms with Gasteiger partial charge in [-0.05, 0) is 63.6 Å². The highest BCUT2D eigenvalue weighted by Gasteiger charge is 2.21. The van der Waals surface area contributed by atoms with Crippen LogP contribution in [0, 0.1) is 11.8 Å². The second-order valence-corrected chi connectivity index (χ2v) is 8.86. The third-order valence-electron chi connectivity index (χ3n) is 6.22. The molecule has 168 valence electrons. The quantitative estimate of drug-likeness (QED) is 0.434. The number of H-pyrrole nitrogens is 2. The van der Waals surface area contributed by atoms with Crippen LogP contribution in [0.1, 0.15) is 46.5 Å². The van der Waals surface area contributed by atoms with Gasteiger partial charge in [0.05, 0.1) is 12.6 Å². The lowest BCUT2D eigenvalue weighted by molar-refractivity contribution is 0.415. The van der Waals surface area contributed by atoms with Gasteiger partial charge >= 0.3 is 11.2 Å². The summed E-state index contributed by atoms with van der Waals surface area (Å²) in [5, 5.41) is 5.03. The molecule has 0 saturated carbocycles. The molecule has 2 N–H and O–H groups in total. The van der Waals surface area contributed by atoms with Crippen molar-refractivity contribution in [3.8, 4) is 5.75 Å². The molecule has 0 radical (unpaired) electrons. The third-order valence-corrected chi connectivity index (χ3v) is 6.22. The Morgan fingerprint density at radius 3 is 2.78 bits per heavy atom. The average Bonchev–Trinajstić information content (AvgIpc) is 3.12. The minimum atomic E-state index is -0.552. The Morgan fingerprint density at radius 2 is 2.06 bits per heavy atom. The maximum absolute atomic E-state index is 13.0. The zero-order chi connectivity index (χ0) is 22.8. The van der Waals surface area contributed by atoms with Crippen LogP contribution in [0.15, 0.2) is 56.2 Å². The van der Waals surface area contributed by atoms with Gasteiger partial charge in [0.25, 0.3) is 0 Å². The summed E-state index contributed by atoms with van der Waals surface area (Å²) >= 11 is 0. The predicted octanol–water partition coefficient (Wildman–Crippen LogP) is 4.73. The summed E-state index contributed by atoms with van der Waals surface area (Å²) in [4.78, 5) is 31.6. The van der Waals surface area contributed by atoms with Crippen LogP contribution in [0.3, 0.4) is 0 Å². The van der Waals surface area contributed by atoms with E-state index in [1.54, 1.807) is 25.5 Å². The van der Waals surface area contributed by atoms with Crippen LogP contribution in [0.25, 0.3) is 21.9 Å². The van der Waals surface area contributed by atoms with Crippen molar-refractivity contribution in [3.05, 3.63) is 62.3 Å². The highest BCUT2D eigenvalue weighted by atomic mass is 16.5. The van der Waals surface area contributed by atoms with Crippen LogP contribution in [0.2, 0.25) is 0 Å². The molecule has 0 unspecified atom stereocenters. The Kier molecular flexibility index (Phi) is 6.17. The second-order valence-electron chi connectivity index (χ2n) is 8.86. The number of nitrogens with one attached hydrogen (secondary N) is 2. The smallest absolute Gasteiger partial charge is 0.350 e. The van der Waals surface area contributed by atoms with Gasteiger partial charge in [0.1, 0.15) is 11.3 Å². The minimum absolute atomic E-state index is 0.191. The van der Waals surface area contributed by atoms with Crippen LogP contribution >= 0.6 is 0 Å². The van der Waals surface area contributed by atoms with Gasteiger partial charge in [0.2, 0.25) is 0 Å².